The van der Waals surface area contributed by atoms with Crippen molar-refractivity contribution in [2.75, 3.05) is 7.05 Å². The van der Waals surface area contributed by atoms with Crippen molar-refractivity contribution in [1.82, 2.24) is 10.3 Å². The number of benzene rings is 1. The zero-order chi connectivity index (χ0) is 16.6. The minimum atomic E-state index is -0.155. The molecule has 0 bridgehead atoms. The number of nitrogens with one attached hydrogen (secondary N) is 1. The van der Waals surface area contributed by atoms with Gasteiger partial charge in [-0.15, -0.1) is 11.3 Å². The van der Waals surface area contributed by atoms with Gasteiger partial charge in [0, 0.05) is 17.5 Å². The number of pyridine rings is 1. The molecule has 2 heterocycles. The molecule has 0 radical (unpaired) electrons. The fourth-order valence-electron chi connectivity index (χ4n) is 2.23. The summed E-state index contributed by atoms with van der Waals surface area (Å²) in [6.07, 6.45) is 1.56. The Bertz CT molecular complexity index is 891. The first kappa shape index (κ1) is 16.1. The maximum absolute atomic E-state index is 12.0. The number of carbonyl (C=O) groups excluding carboxylic acids is 1. The van der Waals surface area contributed by atoms with E-state index in [-0.39, 0.29) is 5.91 Å². The fourth-order valence-corrected chi connectivity index (χ4v) is 3.76. The van der Waals surface area contributed by atoms with Gasteiger partial charge in [-0.1, -0.05) is 23.2 Å². The summed E-state index contributed by atoms with van der Waals surface area (Å²) in [5.41, 5.74) is 0.817. The van der Waals surface area contributed by atoms with E-state index in [9.17, 15) is 4.79 Å². The van der Waals surface area contributed by atoms with Gasteiger partial charge in [0.2, 0.25) is 0 Å². The fraction of sp³-hybridized carbons (Fsp3) is 0.125. The van der Waals surface area contributed by atoms with Gasteiger partial charge in [-0.3, -0.25) is 4.79 Å². The van der Waals surface area contributed by atoms with Crippen molar-refractivity contribution in [3.05, 3.63) is 51.1 Å². The third-order valence-electron chi connectivity index (χ3n) is 3.35. The maximum atomic E-state index is 12.0. The van der Waals surface area contributed by atoms with Gasteiger partial charge >= 0.3 is 0 Å². The first-order chi connectivity index (χ1) is 11.0. The van der Waals surface area contributed by atoms with Gasteiger partial charge in [-0.05, 0) is 36.8 Å². The molecule has 1 aromatic carbocycles. The van der Waals surface area contributed by atoms with Crippen LogP contribution in [-0.2, 0) is 0 Å². The van der Waals surface area contributed by atoms with Crippen LogP contribution in [0.4, 0.5) is 0 Å². The van der Waals surface area contributed by atoms with Gasteiger partial charge in [-0.25, -0.2) is 4.98 Å². The monoisotopic (exact) mass is 366 g/mol. The lowest BCUT2D eigenvalue weighted by Gasteiger charge is -2.08. The van der Waals surface area contributed by atoms with E-state index >= 15 is 0 Å². The first-order valence-corrected chi connectivity index (χ1v) is 8.31. The molecule has 0 spiro atoms. The second-order valence-corrected chi connectivity index (χ2v) is 6.62. The van der Waals surface area contributed by atoms with Gasteiger partial charge in [-0.2, -0.15) is 0 Å². The van der Waals surface area contributed by atoms with E-state index in [1.807, 2.05) is 6.92 Å². The van der Waals surface area contributed by atoms with Crippen molar-refractivity contribution in [2.45, 2.75) is 6.92 Å². The molecule has 1 N–H and O–H groups in total. The molecule has 0 aliphatic heterocycles. The molecule has 118 valence electrons. The van der Waals surface area contributed by atoms with Crippen molar-refractivity contribution in [3.8, 4) is 11.5 Å². The lowest BCUT2D eigenvalue weighted by molar-refractivity contribution is 0.0966. The summed E-state index contributed by atoms with van der Waals surface area (Å²) >= 11 is 13.4. The molecule has 3 aromatic rings. The van der Waals surface area contributed by atoms with Gasteiger partial charge in [0.05, 0.1) is 15.8 Å². The number of aryl methyl sites for hydroxylation is 1. The summed E-state index contributed by atoms with van der Waals surface area (Å²) in [5, 5.41) is 4.41. The Balaban J connectivity index is 2.14. The number of ether oxygens (including phenoxy) is 1. The van der Waals surface area contributed by atoms with Crippen LogP contribution in [0, 0.1) is 6.92 Å². The summed E-state index contributed by atoms with van der Waals surface area (Å²) in [7, 11) is 1.59. The van der Waals surface area contributed by atoms with Crippen LogP contribution in [0.25, 0.3) is 10.1 Å². The average molecular weight is 367 g/mol. The Morgan fingerprint density at radius 1 is 1.26 bits per heavy atom. The van der Waals surface area contributed by atoms with Gasteiger partial charge in [0.1, 0.15) is 10.9 Å². The van der Waals surface area contributed by atoms with Crippen LogP contribution >= 0.6 is 34.5 Å². The number of fused-ring (bicyclic) bond motifs is 1. The molecule has 7 heteroatoms. The Labute approximate surface area is 147 Å². The van der Waals surface area contributed by atoms with Crippen molar-refractivity contribution in [1.29, 1.82) is 0 Å². The van der Waals surface area contributed by atoms with Crippen LogP contribution in [0.1, 0.15) is 15.2 Å². The van der Waals surface area contributed by atoms with Crippen molar-refractivity contribution >= 4 is 50.5 Å². The van der Waals surface area contributed by atoms with E-state index in [1.165, 1.54) is 11.3 Å². The van der Waals surface area contributed by atoms with Crippen molar-refractivity contribution in [3.63, 3.8) is 0 Å². The number of halogens is 2. The lowest BCUT2D eigenvalue weighted by Crippen LogP contribution is -2.17. The molecule has 0 saturated heterocycles. The summed E-state index contributed by atoms with van der Waals surface area (Å²) in [6.45, 7) is 1.87. The van der Waals surface area contributed by atoms with E-state index in [1.54, 1.807) is 37.5 Å². The average Bonchev–Trinajstić information content (AvgIpc) is 2.90. The Morgan fingerprint density at radius 3 is 2.61 bits per heavy atom. The SMILES string of the molecule is CNC(=O)c1sc2c(Cl)ncc(Oc3ccc(Cl)cc3)c2c1C. The Kier molecular flexibility index (Phi) is 4.43. The summed E-state index contributed by atoms with van der Waals surface area (Å²) in [6, 6.07) is 7.02. The molecule has 0 unspecified atom stereocenters. The molecule has 0 fully saturated rings. The van der Waals surface area contributed by atoms with Gasteiger partial charge < -0.3 is 10.1 Å². The van der Waals surface area contributed by atoms with E-state index in [0.29, 0.717) is 26.6 Å². The minimum Gasteiger partial charge on any atom is -0.455 e. The third kappa shape index (κ3) is 3.00. The predicted molar refractivity (Wildman–Crippen MR) is 94.3 cm³/mol. The van der Waals surface area contributed by atoms with Crippen LogP contribution < -0.4 is 10.1 Å². The van der Waals surface area contributed by atoms with Gasteiger partial charge in [0.15, 0.2) is 5.75 Å². The highest BCUT2D eigenvalue weighted by Gasteiger charge is 2.20. The third-order valence-corrected chi connectivity index (χ3v) is 5.30. The standard InChI is InChI=1S/C16H12Cl2N2O2S/c1-8-12-11(22-10-5-3-9(17)4-6-10)7-20-15(18)14(12)23-13(8)16(21)19-2/h3-7H,1-2H3,(H,19,21). The number of aromatic nitrogens is 1. The van der Waals surface area contributed by atoms with E-state index in [2.05, 4.69) is 10.3 Å². The molecule has 2 aromatic heterocycles. The molecule has 4 nitrogen and oxygen atoms in total. The summed E-state index contributed by atoms with van der Waals surface area (Å²) in [4.78, 5) is 16.8. The normalized spacial score (nSPS) is 10.8. The molecule has 0 atom stereocenters. The van der Waals surface area contributed by atoms with Crippen molar-refractivity contribution in [2.24, 2.45) is 0 Å². The van der Waals surface area contributed by atoms with E-state index < -0.39 is 0 Å². The predicted octanol–water partition coefficient (Wildman–Crippen LogP) is 5.06. The number of rotatable bonds is 3. The van der Waals surface area contributed by atoms with Crippen LogP contribution in [0.5, 0.6) is 11.5 Å². The highest BCUT2D eigenvalue weighted by atomic mass is 35.5. The maximum Gasteiger partial charge on any atom is 0.261 e. The number of hydrogen-bond acceptors (Lipinski definition) is 4. The number of amides is 1. The number of hydrogen-bond donors (Lipinski definition) is 1. The molecular weight excluding hydrogens is 355 g/mol. The molecule has 0 aliphatic carbocycles. The summed E-state index contributed by atoms with van der Waals surface area (Å²) < 4.78 is 6.64. The zero-order valence-corrected chi connectivity index (χ0v) is 14.6. The molecule has 0 saturated carbocycles. The Morgan fingerprint density at radius 2 is 1.96 bits per heavy atom. The second kappa shape index (κ2) is 6.35. The molecule has 0 aliphatic rings. The highest BCUT2D eigenvalue weighted by Crippen LogP contribution is 2.41. The van der Waals surface area contributed by atoms with E-state index in [4.69, 9.17) is 27.9 Å². The smallest absolute Gasteiger partial charge is 0.261 e. The van der Waals surface area contributed by atoms with Crippen molar-refractivity contribution < 1.29 is 9.53 Å². The van der Waals surface area contributed by atoms with Gasteiger partial charge in [0.25, 0.3) is 5.91 Å². The van der Waals surface area contributed by atoms with Crippen LogP contribution in [0.2, 0.25) is 10.2 Å². The molecule has 3 rings (SSSR count). The van der Waals surface area contributed by atoms with Crippen LogP contribution in [0.3, 0.4) is 0 Å². The molecular formula is C16H12Cl2N2O2S. The van der Waals surface area contributed by atoms with Crippen LogP contribution in [-0.4, -0.2) is 17.9 Å². The Hall–Kier alpha value is -1.82. The largest absolute Gasteiger partial charge is 0.455 e. The summed E-state index contributed by atoms with van der Waals surface area (Å²) in [5.74, 6) is 1.03. The van der Waals surface area contributed by atoms with E-state index in [0.717, 1.165) is 15.6 Å². The lowest BCUT2D eigenvalue weighted by atomic mass is 10.1. The number of nitrogens with zero attached hydrogens (tertiary/aromatic N) is 1. The molecule has 1 amide bonds. The topological polar surface area (TPSA) is 51.2 Å². The molecule has 23 heavy (non-hydrogen) atoms. The zero-order valence-electron chi connectivity index (χ0n) is 12.3. The number of carbonyl (C=O) groups is 1. The van der Waals surface area contributed by atoms with Crippen LogP contribution in [0.15, 0.2) is 30.5 Å². The second-order valence-electron chi connectivity index (χ2n) is 4.81. The highest BCUT2D eigenvalue weighted by molar-refractivity contribution is 7.21. The minimum absolute atomic E-state index is 0.155. The number of thiophene rings is 1. The first-order valence-electron chi connectivity index (χ1n) is 6.74. The quantitative estimate of drug-likeness (QED) is 0.658.